The molecule has 0 saturated heterocycles. The van der Waals surface area contributed by atoms with Gasteiger partial charge in [-0.05, 0) is 64.7 Å². The first-order valence-electron chi connectivity index (χ1n) is 14.6. The standard InChI is InChI=1S/C36H39N3O4/c1-37-22-30(18-24-15-16-25-9-4-5-11-27(25)17-24)38-23-31(19-28-13-8-12-26-10-6-7-14-32(26)28)39-36(41)29-20-33(42-2)35(40)34(21-29)43-3/h4-17,20-21,30-31,37-38,40H,18-19,22-23H2,1-3H3,(H,39,41)/t30-,31+/m0/s1. The number of rotatable bonds is 13. The van der Waals surface area contributed by atoms with Crippen molar-refractivity contribution in [3.63, 3.8) is 0 Å². The zero-order valence-electron chi connectivity index (χ0n) is 24.9. The lowest BCUT2D eigenvalue weighted by atomic mass is 9.97. The van der Waals surface area contributed by atoms with Crippen molar-refractivity contribution >= 4 is 27.5 Å². The minimum atomic E-state index is -0.275. The van der Waals surface area contributed by atoms with Crippen LogP contribution in [-0.2, 0) is 12.8 Å². The number of methoxy groups -OCH3 is 2. The van der Waals surface area contributed by atoms with Gasteiger partial charge in [0.2, 0.25) is 5.75 Å². The summed E-state index contributed by atoms with van der Waals surface area (Å²) in [5.41, 5.74) is 2.76. The van der Waals surface area contributed by atoms with Gasteiger partial charge in [-0.2, -0.15) is 0 Å². The van der Waals surface area contributed by atoms with E-state index < -0.39 is 0 Å². The molecule has 0 unspecified atom stereocenters. The molecule has 5 aromatic rings. The van der Waals surface area contributed by atoms with Crippen LogP contribution in [0.3, 0.4) is 0 Å². The fraction of sp³-hybridized carbons (Fsp3) is 0.250. The Bertz CT molecular complexity index is 1670. The number of fused-ring (bicyclic) bond motifs is 2. The van der Waals surface area contributed by atoms with Gasteiger partial charge in [-0.15, -0.1) is 0 Å². The summed E-state index contributed by atoms with van der Waals surface area (Å²) in [7, 11) is 4.84. The van der Waals surface area contributed by atoms with Crippen LogP contribution in [0.2, 0.25) is 0 Å². The second-order valence-corrected chi connectivity index (χ2v) is 10.8. The highest BCUT2D eigenvalue weighted by molar-refractivity contribution is 5.96. The van der Waals surface area contributed by atoms with E-state index in [9.17, 15) is 9.90 Å². The SMILES string of the molecule is CNC[C@H](Cc1ccc2ccccc2c1)NC[C@@H](Cc1cccc2ccccc12)NC(=O)c1cc(OC)c(O)c(OC)c1. The van der Waals surface area contributed by atoms with Gasteiger partial charge >= 0.3 is 0 Å². The lowest BCUT2D eigenvalue weighted by molar-refractivity contribution is 0.0935. The third-order valence-electron chi connectivity index (χ3n) is 7.82. The van der Waals surface area contributed by atoms with Gasteiger partial charge in [0.25, 0.3) is 5.91 Å². The number of aromatic hydroxyl groups is 1. The average molecular weight is 578 g/mol. The molecule has 0 aromatic heterocycles. The van der Waals surface area contributed by atoms with Gasteiger partial charge in [-0.25, -0.2) is 0 Å². The van der Waals surface area contributed by atoms with E-state index in [4.69, 9.17) is 9.47 Å². The number of benzene rings is 5. The predicted molar refractivity (Wildman–Crippen MR) is 173 cm³/mol. The molecule has 0 aliphatic rings. The van der Waals surface area contributed by atoms with Crippen LogP contribution in [0.1, 0.15) is 21.5 Å². The van der Waals surface area contributed by atoms with Gasteiger partial charge in [0.1, 0.15) is 0 Å². The van der Waals surface area contributed by atoms with Crippen molar-refractivity contribution in [2.45, 2.75) is 24.9 Å². The number of likely N-dealkylation sites (N-methyl/N-ethyl adjacent to an activating group) is 1. The summed E-state index contributed by atoms with van der Waals surface area (Å²) in [4.78, 5) is 13.6. The van der Waals surface area contributed by atoms with Gasteiger partial charge in [-0.3, -0.25) is 4.79 Å². The van der Waals surface area contributed by atoms with E-state index in [1.54, 1.807) is 0 Å². The molecular weight excluding hydrogens is 538 g/mol. The summed E-state index contributed by atoms with van der Waals surface area (Å²) < 4.78 is 10.6. The van der Waals surface area contributed by atoms with Crippen molar-refractivity contribution in [2.75, 3.05) is 34.4 Å². The van der Waals surface area contributed by atoms with E-state index in [0.29, 0.717) is 18.5 Å². The zero-order valence-corrected chi connectivity index (χ0v) is 24.9. The van der Waals surface area contributed by atoms with E-state index in [1.807, 2.05) is 19.2 Å². The molecule has 0 fully saturated rings. The maximum Gasteiger partial charge on any atom is 0.251 e. The van der Waals surface area contributed by atoms with Crippen LogP contribution in [0.15, 0.2) is 97.1 Å². The van der Waals surface area contributed by atoms with Crippen LogP contribution in [0.4, 0.5) is 0 Å². The van der Waals surface area contributed by atoms with E-state index >= 15 is 0 Å². The third-order valence-corrected chi connectivity index (χ3v) is 7.82. The Morgan fingerprint density at radius 3 is 2.14 bits per heavy atom. The summed E-state index contributed by atoms with van der Waals surface area (Å²) in [6, 6.07) is 32.6. The highest BCUT2D eigenvalue weighted by Crippen LogP contribution is 2.37. The van der Waals surface area contributed by atoms with Crippen molar-refractivity contribution in [1.82, 2.24) is 16.0 Å². The highest BCUT2D eigenvalue weighted by Gasteiger charge is 2.21. The molecular formula is C36H39N3O4. The Balaban J connectivity index is 1.38. The Labute approximate surface area is 252 Å². The molecule has 7 heteroatoms. The van der Waals surface area contributed by atoms with Gasteiger partial charge in [0.05, 0.1) is 14.2 Å². The van der Waals surface area contributed by atoms with Gasteiger partial charge in [0, 0.05) is 30.7 Å². The number of phenolic OH excluding ortho intramolecular Hbond substituents is 1. The molecule has 0 spiro atoms. The maximum absolute atomic E-state index is 13.6. The fourth-order valence-corrected chi connectivity index (χ4v) is 5.63. The van der Waals surface area contributed by atoms with E-state index in [1.165, 1.54) is 48.1 Å². The zero-order chi connectivity index (χ0) is 30.2. The number of hydrogen-bond acceptors (Lipinski definition) is 6. The topological polar surface area (TPSA) is 91.9 Å². The molecule has 0 bridgehead atoms. The van der Waals surface area contributed by atoms with Crippen molar-refractivity contribution < 1.29 is 19.4 Å². The number of ether oxygens (including phenoxy) is 2. The summed E-state index contributed by atoms with van der Waals surface area (Å²) >= 11 is 0. The molecule has 222 valence electrons. The Morgan fingerprint density at radius 1 is 0.744 bits per heavy atom. The molecule has 4 N–H and O–H groups in total. The van der Waals surface area contributed by atoms with Crippen molar-refractivity contribution in [3.8, 4) is 17.2 Å². The van der Waals surface area contributed by atoms with E-state index in [2.05, 4.69) is 88.7 Å². The number of amides is 1. The van der Waals surface area contributed by atoms with Crippen LogP contribution in [-0.4, -0.2) is 57.5 Å². The molecule has 0 aliphatic heterocycles. The Hall–Kier alpha value is -4.59. The first kappa shape index (κ1) is 29.9. The average Bonchev–Trinajstić information content (AvgIpc) is 3.03. The Kier molecular flexibility index (Phi) is 9.77. The molecule has 0 radical (unpaired) electrons. The number of nitrogens with one attached hydrogen (secondary N) is 3. The fourth-order valence-electron chi connectivity index (χ4n) is 5.63. The lowest BCUT2D eigenvalue weighted by Gasteiger charge is -2.25. The third kappa shape index (κ3) is 7.25. The summed E-state index contributed by atoms with van der Waals surface area (Å²) in [6.07, 6.45) is 1.47. The monoisotopic (exact) mass is 577 g/mol. The van der Waals surface area contributed by atoms with Crippen LogP contribution in [0.25, 0.3) is 21.5 Å². The summed E-state index contributed by atoms with van der Waals surface area (Å²) in [5.74, 6) is -0.0575. The molecule has 0 aliphatic carbocycles. The quantitative estimate of drug-likeness (QED) is 0.148. The first-order chi connectivity index (χ1) is 21.0. The Morgan fingerprint density at radius 2 is 1.42 bits per heavy atom. The molecule has 5 aromatic carbocycles. The molecule has 5 rings (SSSR count). The smallest absolute Gasteiger partial charge is 0.251 e. The van der Waals surface area contributed by atoms with Crippen LogP contribution in [0.5, 0.6) is 17.2 Å². The lowest BCUT2D eigenvalue weighted by Crippen LogP contribution is -2.48. The minimum Gasteiger partial charge on any atom is -0.502 e. The number of carbonyl (C=O) groups excluding carboxylic acids is 1. The van der Waals surface area contributed by atoms with E-state index in [-0.39, 0.29) is 35.2 Å². The largest absolute Gasteiger partial charge is 0.502 e. The molecule has 7 nitrogen and oxygen atoms in total. The van der Waals surface area contributed by atoms with Crippen molar-refractivity contribution in [1.29, 1.82) is 0 Å². The van der Waals surface area contributed by atoms with Crippen LogP contribution in [0, 0.1) is 0 Å². The minimum absolute atomic E-state index is 0.140. The van der Waals surface area contributed by atoms with Crippen molar-refractivity contribution in [3.05, 3.63) is 114 Å². The van der Waals surface area contributed by atoms with Gasteiger partial charge in [0.15, 0.2) is 11.5 Å². The second-order valence-electron chi connectivity index (χ2n) is 10.8. The molecule has 0 heterocycles. The van der Waals surface area contributed by atoms with Crippen LogP contribution >= 0.6 is 0 Å². The maximum atomic E-state index is 13.6. The van der Waals surface area contributed by atoms with Gasteiger partial charge < -0.3 is 30.5 Å². The normalized spacial score (nSPS) is 12.6. The molecule has 0 saturated carbocycles. The first-order valence-corrected chi connectivity index (χ1v) is 14.6. The number of phenols is 1. The summed E-state index contributed by atoms with van der Waals surface area (Å²) in [5, 5.41) is 25.4. The second kappa shape index (κ2) is 14.1. The summed E-state index contributed by atoms with van der Waals surface area (Å²) in [6.45, 7) is 1.33. The molecule has 43 heavy (non-hydrogen) atoms. The highest BCUT2D eigenvalue weighted by atomic mass is 16.5. The molecule has 2 atom stereocenters. The predicted octanol–water partition coefficient (Wildman–Crippen LogP) is 5.48. The number of carbonyl (C=O) groups is 1. The van der Waals surface area contributed by atoms with E-state index in [0.717, 1.165) is 23.9 Å². The van der Waals surface area contributed by atoms with Gasteiger partial charge in [-0.1, -0.05) is 84.9 Å². The van der Waals surface area contributed by atoms with Crippen molar-refractivity contribution in [2.24, 2.45) is 0 Å². The van der Waals surface area contributed by atoms with Crippen LogP contribution < -0.4 is 25.4 Å². The molecule has 1 amide bonds. The number of hydrogen-bond donors (Lipinski definition) is 4.